The zero-order chi connectivity index (χ0) is 11.5. The Morgan fingerprint density at radius 2 is 2.19 bits per heavy atom. The first-order valence-corrected chi connectivity index (χ1v) is 5.91. The van der Waals surface area contributed by atoms with E-state index in [2.05, 4.69) is 54.5 Å². The lowest BCUT2D eigenvalue weighted by atomic mass is 10.0. The lowest BCUT2D eigenvalue weighted by Gasteiger charge is -2.22. The fourth-order valence-corrected chi connectivity index (χ4v) is 2.03. The molecule has 16 heavy (non-hydrogen) atoms. The summed E-state index contributed by atoms with van der Waals surface area (Å²) < 4.78 is 0. The average molecular weight is 217 g/mol. The molecule has 0 bridgehead atoms. The second-order valence-electron chi connectivity index (χ2n) is 4.54. The third-order valence-corrected chi connectivity index (χ3v) is 3.06. The molecule has 0 amide bonds. The van der Waals surface area contributed by atoms with Crippen LogP contribution < -0.4 is 5.32 Å². The molecule has 1 atom stereocenters. The number of fused-ring (bicyclic) bond motifs is 1. The predicted molar refractivity (Wildman–Crippen MR) is 68.6 cm³/mol. The fourth-order valence-electron chi connectivity index (χ4n) is 2.03. The first kappa shape index (κ1) is 11.0. The molecule has 0 fully saturated rings. The molecule has 0 aliphatic heterocycles. The van der Waals surface area contributed by atoms with Crippen molar-refractivity contribution in [2.45, 2.75) is 33.2 Å². The molecule has 3 heteroatoms. The number of anilines is 1. The molecule has 0 spiro atoms. The quantitative estimate of drug-likeness (QED) is 0.824. The van der Waals surface area contributed by atoms with Crippen molar-refractivity contribution < 1.29 is 0 Å². The summed E-state index contributed by atoms with van der Waals surface area (Å²) in [5, 5.41) is 11.9. The van der Waals surface area contributed by atoms with Crippen molar-refractivity contribution in [1.29, 1.82) is 0 Å². The van der Waals surface area contributed by atoms with Crippen molar-refractivity contribution in [3.8, 4) is 0 Å². The molecular weight excluding hydrogens is 198 g/mol. The second kappa shape index (κ2) is 4.56. The first-order chi connectivity index (χ1) is 7.72. The van der Waals surface area contributed by atoms with Crippen molar-refractivity contribution >= 4 is 16.6 Å². The van der Waals surface area contributed by atoms with E-state index in [1.165, 1.54) is 0 Å². The smallest absolute Gasteiger partial charge is 0.0881 e. The summed E-state index contributed by atoms with van der Waals surface area (Å²) in [4.78, 5) is 0. The summed E-state index contributed by atoms with van der Waals surface area (Å²) in [6, 6.07) is 6.74. The van der Waals surface area contributed by atoms with Gasteiger partial charge < -0.3 is 5.32 Å². The summed E-state index contributed by atoms with van der Waals surface area (Å²) in [5.41, 5.74) is 2.25. The molecule has 0 aliphatic rings. The fraction of sp³-hybridized carbons (Fsp3) is 0.462. The number of hydrogen-bond donors (Lipinski definition) is 2. The van der Waals surface area contributed by atoms with E-state index in [0.29, 0.717) is 12.0 Å². The highest BCUT2D eigenvalue weighted by atomic mass is 15.1. The molecule has 86 valence electrons. The maximum Gasteiger partial charge on any atom is 0.0881 e. The van der Waals surface area contributed by atoms with Gasteiger partial charge in [0.2, 0.25) is 0 Å². The number of para-hydroxylation sites is 1. The highest BCUT2D eigenvalue weighted by Crippen LogP contribution is 2.23. The second-order valence-corrected chi connectivity index (χ2v) is 4.54. The molecule has 1 aromatic carbocycles. The Bertz CT molecular complexity index is 459. The van der Waals surface area contributed by atoms with Crippen LogP contribution in [0.2, 0.25) is 0 Å². The molecule has 1 heterocycles. The minimum atomic E-state index is 0.508. The summed E-state index contributed by atoms with van der Waals surface area (Å²) >= 11 is 0. The van der Waals surface area contributed by atoms with Crippen molar-refractivity contribution in [2.24, 2.45) is 5.92 Å². The van der Waals surface area contributed by atoms with Gasteiger partial charge in [-0.05, 0) is 18.4 Å². The topological polar surface area (TPSA) is 40.7 Å². The van der Waals surface area contributed by atoms with E-state index >= 15 is 0 Å². The molecule has 0 aliphatic carbocycles. The SMILES string of the molecule is CCC(Nc1cccc2cn[nH]c12)C(C)C. The lowest BCUT2D eigenvalue weighted by molar-refractivity contribution is 0.511. The third kappa shape index (κ3) is 2.03. The molecule has 3 nitrogen and oxygen atoms in total. The van der Waals surface area contributed by atoms with Gasteiger partial charge in [0.1, 0.15) is 0 Å². The standard InChI is InChI=1S/C13H19N3/c1-4-11(9(2)3)15-12-7-5-6-10-8-14-16-13(10)12/h5-9,11,15H,4H2,1-3H3,(H,14,16). The summed E-state index contributed by atoms with van der Waals surface area (Å²) in [7, 11) is 0. The van der Waals surface area contributed by atoms with Gasteiger partial charge in [-0.1, -0.05) is 32.9 Å². The molecule has 1 aromatic heterocycles. The number of benzene rings is 1. The molecule has 2 rings (SSSR count). The molecule has 0 saturated heterocycles. The Morgan fingerprint density at radius 3 is 2.88 bits per heavy atom. The zero-order valence-electron chi connectivity index (χ0n) is 10.1. The number of hydrogen-bond acceptors (Lipinski definition) is 2. The number of aromatic nitrogens is 2. The van der Waals surface area contributed by atoms with Gasteiger partial charge in [0.05, 0.1) is 17.4 Å². The monoisotopic (exact) mass is 217 g/mol. The van der Waals surface area contributed by atoms with E-state index < -0.39 is 0 Å². The van der Waals surface area contributed by atoms with Crippen molar-refractivity contribution in [1.82, 2.24) is 10.2 Å². The van der Waals surface area contributed by atoms with Crippen LogP contribution in [0.25, 0.3) is 10.9 Å². The van der Waals surface area contributed by atoms with Gasteiger partial charge in [0.15, 0.2) is 0 Å². The first-order valence-electron chi connectivity index (χ1n) is 5.91. The Kier molecular flexibility index (Phi) is 3.13. The van der Waals surface area contributed by atoms with E-state index in [-0.39, 0.29) is 0 Å². The molecule has 2 aromatic rings. The molecule has 2 N–H and O–H groups in total. The summed E-state index contributed by atoms with van der Waals surface area (Å²) in [6.07, 6.45) is 2.99. The van der Waals surface area contributed by atoms with Crippen LogP contribution in [0.15, 0.2) is 24.4 Å². The van der Waals surface area contributed by atoms with Crippen LogP contribution in [0.5, 0.6) is 0 Å². The van der Waals surface area contributed by atoms with Crippen LogP contribution in [0.3, 0.4) is 0 Å². The molecular formula is C13H19N3. The Hall–Kier alpha value is -1.51. The van der Waals surface area contributed by atoms with E-state index in [9.17, 15) is 0 Å². The van der Waals surface area contributed by atoms with Crippen molar-refractivity contribution in [3.05, 3.63) is 24.4 Å². The third-order valence-electron chi connectivity index (χ3n) is 3.06. The minimum absolute atomic E-state index is 0.508. The van der Waals surface area contributed by atoms with Gasteiger partial charge >= 0.3 is 0 Å². The maximum atomic E-state index is 4.07. The molecule has 0 radical (unpaired) electrons. The number of nitrogens with zero attached hydrogens (tertiary/aromatic N) is 1. The highest BCUT2D eigenvalue weighted by molar-refractivity contribution is 5.89. The molecule has 1 unspecified atom stereocenters. The van der Waals surface area contributed by atoms with Crippen LogP contribution in [-0.2, 0) is 0 Å². The van der Waals surface area contributed by atoms with Gasteiger partial charge in [0, 0.05) is 11.4 Å². The van der Waals surface area contributed by atoms with Gasteiger partial charge in [-0.2, -0.15) is 5.10 Å². The highest BCUT2D eigenvalue weighted by Gasteiger charge is 2.12. The maximum absolute atomic E-state index is 4.07. The van der Waals surface area contributed by atoms with Crippen LogP contribution in [0, 0.1) is 5.92 Å². The minimum Gasteiger partial charge on any atom is -0.380 e. The number of nitrogens with one attached hydrogen (secondary N) is 2. The van der Waals surface area contributed by atoms with E-state index in [0.717, 1.165) is 23.0 Å². The number of aromatic amines is 1. The lowest BCUT2D eigenvalue weighted by Crippen LogP contribution is -2.24. The van der Waals surface area contributed by atoms with Gasteiger partial charge in [-0.25, -0.2) is 0 Å². The normalized spacial score (nSPS) is 13.2. The van der Waals surface area contributed by atoms with Crippen molar-refractivity contribution in [2.75, 3.05) is 5.32 Å². The van der Waals surface area contributed by atoms with Gasteiger partial charge in [-0.3, -0.25) is 5.10 Å². The predicted octanol–water partition coefficient (Wildman–Crippen LogP) is 3.41. The zero-order valence-corrected chi connectivity index (χ0v) is 10.1. The van der Waals surface area contributed by atoms with Crippen LogP contribution in [-0.4, -0.2) is 16.2 Å². The van der Waals surface area contributed by atoms with E-state index in [4.69, 9.17) is 0 Å². The van der Waals surface area contributed by atoms with Crippen LogP contribution in [0.1, 0.15) is 27.2 Å². The van der Waals surface area contributed by atoms with Gasteiger partial charge in [-0.15, -0.1) is 0 Å². The Labute approximate surface area is 96.2 Å². The largest absolute Gasteiger partial charge is 0.380 e. The van der Waals surface area contributed by atoms with Crippen molar-refractivity contribution in [3.63, 3.8) is 0 Å². The number of rotatable bonds is 4. The Morgan fingerprint density at radius 1 is 1.38 bits per heavy atom. The average Bonchev–Trinajstić information content (AvgIpc) is 2.73. The summed E-state index contributed by atoms with van der Waals surface area (Å²) in [6.45, 7) is 6.70. The Balaban J connectivity index is 2.29. The number of H-pyrrole nitrogens is 1. The van der Waals surface area contributed by atoms with Gasteiger partial charge in [0.25, 0.3) is 0 Å². The van der Waals surface area contributed by atoms with E-state index in [1.54, 1.807) is 0 Å². The summed E-state index contributed by atoms with van der Waals surface area (Å²) in [5.74, 6) is 0.628. The van der Waals surface area contributed by atoms with Crippen LogP contribution >= 0.6 is 0 Å². The van der Waals surface area contributed by atoms with E-state index in [1.807, 2.05) is 6.20 Å². The molecule has 0 saturated carbocycles. The van der Waals surface area contributed by atoms with Crippen LogP contribution in [0.4, 0.5) is 5.69 Å².